The fourth-order valence-corrected chi connectivity index (χ4v) is 3.07. The van der Waals surface area contributed by atoms with Crippen molar-refractivity contribution in [3.8, 4) is 11.3 Å². The van der Waals surface area contributed by atoms with Gasteiger partial charge in [0, 0.05) is 36.4 Å². The molecule has 4 rings (SSSR count). The Morgan fingerprint density at radius 3 is 2.60 bits per heavy atom. The Labute approximate surface area is 171 Å². The molecule has 2 aromatic carbocycles. The lowest BCUT2D eigenvalue weighted by atomic mass is 10.1. The summed E-state index contributed by atoms with van der Waals surface area (Å²) in [6.07, 6.45) is 5.07. The molecule has 8 nitrogen and oxygen atoms in total. The Morgan fingerprint density at radius 1 is 1.13 bits per heavy atom. The molecule has 0 unspecified atom stereocenters. The summed E-state index contributed by atoms with van der Waals surface area (Å²) in [6.45, 7) is -0.574. The number of rotatable bonds is 6. The second kappa shape index (κ2) is 8.18. The van der Waals surface area contributed by atoms with Crippen molar-refractivity contribution in [2.45, 2.75) is 0 Å². The van der Waals surface area contributed by atoms with Crippen LogP contribution in [-0.2, 0) is 4.79 Å². The summed E-state index contributed by atoms with van der Waals surface area (Å²) in [7, 11) is 1.67. The minimum atomic E-state index is -0.574. The Balaban J connectivity index is 1.62. The van der Waals surface area contributed by atoms with E-state index in [2.05, 4.69) is 25.9 Å². The standard InChI is InChI=1S/C21H19FN6O2/c1-23-17-7-2-13(10-16(17)22)18-11-25-21-20(24-8-9-28(18)21)27-15-5-3-14(4-6-15)26-19(30)12-29/h2-11,23,29H,12H2,1H3,(H,24,27)(H,26,30). The number of halogens is 1. The van der Waals surface area contributed by atoms with E-state index in [-0.39, 0.29) is 5.82 Å². The number of nitrogens with zero attached hydrogens (tertiary/aromatic N) is 3. The molecule has 30 heavy (non-hydrogen) atoms. The molecule has 0 saturated heterocycles. The summed E-state index contributed by atoms with van der Waals surface area (Å²) >= 11 is 0. The van der Waals surface area contributed by atoms with Crippen LogP contribution < -0.4 is 16.0 Å². The highest BCUT2D eigenvalue weighted by molar-refractivity contribution is 5.91. The third-order valence-electron chi connectivity index (χ3n) is 4.54. The zero-order valence-electron chi connectivity index (χ0n) is 16.1. The molecular formula is C21H19FN6O2. The lowest BCUT2D eigenvalue weighted by Gasteiger charge is -2.09. The van der Waals surface area contributed by atoms with E-state index in [1.54, 1.807) is 56.0 Å². The van der Waals surface area contributed by atoms with Gasteiger partial charge in [0.2, 0.25) is 5.91 Å². The number of fused-ring (bicyclic) bond motifs is 1. The Bertz CT molecular complexity index is 1210. The number of aliphatic hydroxyl groups excluding tert-OH is 1. The number of anilines is 4. The molecule has 0 spiro atoms. The first-order valence-electron chi connectivity index (χ1n) is 9.16. The largest absolute Gasteiger partial charge is 0.387 e. The van der Waals surface area contributed by atoms with Crippen molar-refractivity contribution in [1.82, 2.24) is 14.4 Å². The number of amides is 1. The third-order valence-corrected chi connectivity index (χ3v) is 4.54. The average molecular weight is 406 g/mol. The fraction of sp³-hybridized carbons (Fsp3) is 0.0952. The SMILES string of the molecule is CNc1ccc(-c2cnc3c(Nc4ccc(NC(=O)CO)cc4)nccn23)cc1F. The highest BCUT2D eigenvalue weighted by atomic mass is 19.1. The van der Waals surface area contributed by atoms with Crippen molar-refractivity contribution in [2.24, 2.45) is 0 Å². The summed E-state index contributed by atoms with van der Waals surface area (Å²) in [5, 5.41) is 17.4. The molecule has 4 N–H and O–H groups in total. The van der Waals surface area contributed by atoms with Crippen molar-refractivity contribution < 1.29 is 14.3 Å². The Morgan fingerprint density at radius 2 is 1.90 bits per heavy atom. The molecule has 0 saturated carbocycles. The molecule has 1 amide bonds. The summed E-state index contributed by atoms with van der Waals surface area (Å²) in [4.78, 5) is 20.1. The van der Waals surface area contributed by atoms with E-state index in [0.717, 1.165) is 11.4 Å². The lowest BCUT2D eigenvalue weighted by molar-refractivity contribution is -0.118. The zero-order valence-corrected chi connectivity index (χ0v) is 16.1. The lowest BCUT2D eigenvalue weighted by Crippen LogP contribution is -2.15. The summed E-state index contributed by atoms with van der Waals surface area (Å²) < 4.78 is 16.0. The van der Waals surface area contributed by atoms with E-state index < -0.39 is 12.5 Å². The highest BCUT2D eigenvalue weighted by Gasteiger charge is 2.12. The van der Waals surface area contributed by atoms with Crippen LogP contribution in [-0.4, -0.2) is 39.0 Å². The van der Waals surface area contributed by atoms with Gasteiger partial charge in [0.15, 0.2) is 11.5 Å². The number of aromatic nitrogens is 3. The van der Waals surface area contributed by atoms with Gasteiger partial charge in [-0.2, -0.15) is 0 Å². The van der Waals surface area contributed by atoms with E-state index in [9.17, 15) is 9.18 Å². The molecule has 0 atom stereocenters. The molecule has 0 aliphatic carbocycles. The maximum Gasteiger partial charge on any atom is 0.250 e. The predicted molar refractivity (Wildman–Crippen MR) is 113 cm³/mol. The molecule has 0 bridgehead atoms. The van der Waals surface area contributed by atoms with Crippen LogP contribution in [0.4, 0.5) is 27.3 Å². The molecule has 0 aliphatic heterocycles. The maximum atomic E-state index is 14.2. The average Bonchev–Trinajstić information content (AvgIpc) is 3.20. The zero-order chi connectivity index (χ0) is 21.1. The van der Waals surface area contributed by atoms with Crippen LogP contribution in [0.2, 0.25) is 0 Å². The predicted octanol–water partition coefficient (Wildman–Crippen LogP) is 3.25. The van der Waals surface area contributed by atoms with E-state index >= 15 is 0 Å². The second-order valence-electron chi connectivity index (χ2n) is 6.47. The van der Waals surface area contributed by atoms with Gasteiger partial charge in [-0.25, -0.2) is 14.4 Å². The monoisotopic (exact) mass is 406 g/mol. The molecule has 9 heteroatoms. The fourth-order valence-electron chi connectivity index (χ4n) is 3.07. The van der Waals surface area contributed by atoms with Gasteiger partial charge in [-0.05, 0) is 36.4 Å². The number of nitrogens with one attached hydrogen (secondary N) is 3. The van der Waals surface area contributed by atoms with E-state index in [1.165, 1.54) is 6.07 Å². The van der Waals surface area contributed by atoms with E-state index in [4.69, 9.17) is 5.11 Å². The summed E-state index contributed by atoms with van der Waals surface area (Å²) in [5.41, 5.74) is 3.75. The van der Waals surface area contributed by atoms with Crippen molar-refractivity contribution in [3.05, 3.63) is 66.9 Å². The normalized spacial score (nSPS) is 10.8. The van der Waals surface area contributed by atoms with Crippen molar-refractivity contribution in [1.29, 1.82) is 0 Å². The first-order valence-corrected chi connectivity index (χ1v) is 9.16. The van der Waals surface area contributed by atoms with Gasteiger partial charge in [0.1, 0.15) is 12.4 Å². The molecule has 152 valence electrons. The van der Waals surface area contributed by atoms with Gasteiger partial charge in [-0.15, -0.1) is 0 Å². The second-order valence-corrected chi connectivity index (χ2v) is 6.47. The minimum absolute atomic E-state index is 0.342. The number of aliphatic hydroxyl groups is 1. The van der Waals surface area contributed by atoms with Crippen LogP contribution in [0.3, 0.4) is 0 Å². The number of hydrogen-bond donors (Lipinski definition) is 4. The Hall–Kier alpha value is -3.98. The maximum absolute atomic E-state index is 14.2. The van der Waals surface area contributed by atoms with Crippen LogP contribution in [0.1, 0.15) is 0 Å². The van der Waals surface area contributed by atoms with Gasteiger partial charge in [-0.1, -0.05) is 6.07 Å². The van der Waals surface area contributed by atoms with Crippen LogP contribution in [0.5, 0.6) is 0 Å². The first kappa shape index (κ1) is 19.3. The number of hydrogen-bond acceptors (Lipinski definition) is 6. The molecule has 4 aromatic rings. The number of carbonyl (C=O) groups excluding carboxylic acids is 1. The summed E-state index contributed by atoms with van der Waals surface area (Å²) in [5.74, 6) is -0.291. The van der Waals surface area contributed by atoms with Gasteiger partial charge in [-0.3, -0.25) is 9.20 Å². The van der Waals surface area contributed by atoms with E-state index in [0.29, 0.717) is 28.4 Å². The number of benzene rings is 2. The van der Waals surface area contributed by atoms with Crippen molar-refractivity contribution >= 4 is 34.4 Å². The molecule has 0 radical (unpaired) electrons. The van der Waals surface area contributed by atoms with Crippen molar-refractivity contribution in [2.75, 3.05) is 29.6 Å². The molecule has 2 heterocycles. The Kier molecular flexibility index (Phi) is 5.27. The third kappa shape index (κ3) is 3.78. The van der Waals surface area contributed by atoms with Gasteiger partial charge < -0.3 is 21.1 Å². The minimum Gasteiger partial charge on any atom is -0.387 e. The van der Waals surface area contributed by atoms with Gasteiger partial charge >= 0.3 is 0 Å². The molecule has 0 aliphatic rings. The highest BCUT2D eigenvalue weighted by Crippen LogP contribution is 2.27. The van der Waals surface area contributed by atoms with Crippen LogP contribution in [0.15, 0.2) is 61.1 Å². The van der Waals surface area contributed by atoms with Crippen LogP contribution in [0.25, 0.3) is 16.9 Å². The van der Waals surface area contributed by atoms with E-state index in [1.807, 2.05) is 10.5 Å². The molecule has 0 fully saturated rings. The topological polar surface area (TPSA) is 104 Å². The van der Waals surface area contributed by atoms with Crippen LogP contribution in [0, 0.1) is 5.82 Å². The van der Waals surface area contributed by atoms with Crippen LogP contribution >= 0.6 is 0 Å². The van der Waals surface area contributed by atoms with Gasteiger partial charge in [0.25, 0.3) is 0 Å². The quantitative estimate of drug-likeness (QED) is 0.392. The smallest absolute Gasteiger partial charge is 0.250 e. The molecule has 2 aromatic heterocycles. The first-order chi connectivity index (χ1) is 14.6. The van der Waals surface area contributed by atoms with Gasteiger partial charge in [0.05, 0.1) is 17.6 Å². The summed E-state index contributed by atoms with van der Waals surface area (Å²) in [6, 6.07) is 11.9. The van der Waals surface area contributed by atoms with Crippen molar-refractivity contribution in [3.63, 3.8) is 0 Å². The molecular weight excluding hydrogens is 387 g/mol. The number of carbonyl (C=O) groups is 1. The number of imidazole rings is 1.